The van der Waals surface area contributed by atoms with E-state index in [0.29, 0.717) is 16.1 Å². The summed E-state index contributed by atoms with van der Waals surface area (Å²) < 4.78 is 24.3. The van der Waals surface area contributed by atoms with Crippen LogP contribution < -0.4 is 5.32 Å². The van der Waals surface area contributed by atoms with Crippen molar-refractivity contribution in [2.24, 2.45) is 0 Å². The first-order valence-corrected chi connectivity index (χ1v) is 10.5. The van der Waals surface area contributed by atoms with Crippen molar-refractivity contribution in [1.29, 1.82) is 0 Å². The van der Waals surface area contributed by atoms with E-state index in [0.717, 1.165) is 12.2 Å². The molecule has 5 heteroatoms. The monoisotopic (exact) mass is 327 g/mol. The van der Waals surface area contributed by atoms with Crippen molar-refractivity contribution >= 4 is 27.3 Å². The maximum absolute atomic E-state index is 12.0. The number of benzene rings is 1. The van der Waals surface area contributed by atoms with Crippen molar-refractivity contribution in [2.75, 3.05) is 23.9 Å². The number of hydrogen-bond donors (Lipinski definition) is 1. The van der Waals surface area contributed by atoms with E-state index in [2.05, 4.69) is 11.6 Å². The lowest BCUT2D eigenvalue weighted by Gasteiger charge is -2.27. The number of nitrogens with one attached hydrogen (secondary N) is 1. The summed E-state index contributed by atoms with van der Waals surface area (Å²) in [5, 5.41) is 3.47. The minimum Gasteiger partial charge on any atom is -0.384 e. The highest BCUT2D eigenvalue weighted by atomic mass is 32.2. The first-order chi connectivity index (χ1) is 10.0. The molecule has 2 rings (SSSR count). The van der Waals surface area contributed by atoms with Crippen LogP contribution in [0.15, 0.2) is 29.2 Å². The quantitative estimate of drug-likeness (QED) is 0.823. The highest BCUT2D eigenvalue weighted by molar-refractivity contribution is 8.00. The highest BCUT2D eigenvalue weighted by Gasteiger charge is 2.32. The molecule has 0 aromatic heterocycles. The van der Waals surface area contributed by atoms with Crippen molar-refractivity contribution in [3.8, 4) is 0 Å². The molecule has 1 aliphatic rings. The molecule has 1 aliphatic carbocycles. The highest BCUT2D eigenvalue weighted by Crippen LogP contribution is 2.40. The van der Waals surface area contributed by atoms with E-state index < -0.39 is 9.84 Å². The molecule has 0 heterocycles. The Kier molecular flexibility index (Phi) is 5.60. The average Bonchev–Trinajstić information content (AvgIpc) is 2.95. The number of rotatable bonds is 7. The van der Waals surface area contributed by atoms with Crippen LogP contribution in [0.5, 0.6) is 0 Å². The molecule has 1 N–H and O–H groups in total. The van der Waals surface area contributed by atoms with Gasteiger partial charge in [0.25, 0.3) is 0 Å². The van der Waals surface area contributed by atoms with Crippen LogP contribution in [0.1, 0.15) is 39.0 Å². The Hall–Kier alpha value is -0.680. The Bertz CT molecular complexity index is 546. The van der Waals surface area contributed by atoms with Crippen molar-refractivity contribution in [3.05, 3.63) is 24.3 Å². The Morgan fingerprint density at radius 3 is 2.33 bits per heavy atom. The predicted molar refractivity (Wildman–Crippen MR) is 92.0 cm³/mol. The van der Waals surface area contributed by atoms with Crippen LogP contribution in [0.3, 0.4) is 0 Å². The lowest BCUT2D eigenvalue weighted by Crippen LogP contribution is -2.29. The van der Waals surface area contributed by atoms with Gasteiger partial charge >= 0.3 is 0 Å². The van der Waals surface area contributed by atoms with Crippen LogP contribution in [-0.4, -0.2) is 31.7 Å². The summed E-state index contributed by atoms with van der Waals surface area (Å²) in [6, 6.07) is 7.19. The molecular formula is C16H25NO2S2. The first-order valence-electron chi connectivity index (χ1n) is 7.63. The van der Waals surface area contributed by atoms with Gasteiger partial charge in [-0.2, -0.15) is 11.8 Å². The molecular weight excluding hydrogens is 302 g/mol. The van der Waals surface area contributed by atoms with Crippen LogP contribution in [0.2, 0.25) is 0 Å². The summed E-state index contributed by atoms with van der Waals surface area (Å²) in [5.41, 5.74) is 1.01. The summed E-state index contributed by atoms with van der Waals surface area (Å²) in [5.74, 6) is 0.218. The molecule has 0 unspecified atom stereocenters. The van der Waals surface area contributed by atoms with Gasteiger partial charge in [0.15, 0.2) is 9.84 Å². The van der Waals surface area contributed by atoms with E-state index in [1.165, 1.54) is 25.7 Å². The fraction of sp³-hybridized carbons (Fsp3) is 0.625. The van der Waals surface area contributed by atoms with Crippen molar-refractivity contribution in [2.45, 2.75) is 48.7 Å². The molecule has 1 fully saturated rings. The molecule has 1 aromatic carbocycles. The molecule has 0 bridgehead atoms. The van der Waals surface area contributed by atoms with E-state index >= 15 is 0 Å². The third kappa shape index (κ3) is 4.16. The maximum atomic E-state index is 12.0. The summed E-state index contributed by atoms with van der Waals surface area (Å²) in [7, 11) is -3.11. The molecule has 118 valence electrons. The van der Waals surface area contributed by atoms with Crippen molar-refractivity contribution < 1.29 is 8.42 Å². The largest absolute Gasteiger partial charge is 0.384 e. The summed E-state index contributed by atoms with van der Waals surface area (Å²) >= 11 is 1.95. The average molecular weight is 328 g/mol. The van der Waals surface area contributed by atoms with E-state index in [9.17, 15) is 8.42 Å². The molecule has 21 heavy (non-hydrogen) atoms. The molecule has 1 saturated carbocycles. The third-order valence-corrected chi connectivity index (χ3v) is 7.60. The zero-order chi connectivity index (χ0) is 15.3. The summed E-state index contributed by atoms with van der Waals surface area (Å²) in [6.45, 7) is 2.84. The van der Waals surface area contributed by atoms with Gasteiger partial charge < -0.3 is 5.32 Å². The lowest BCUT2D eigenvalue weighted by molar-refractivity contribution is 0.594. The van der Waals surface area contributed by atoms with Gasteiger partial charge in [-0.25, -0.2) is 8.42 Å². The van der Waals surface area contributed by atoms with Crippen LogP contribution in [0.4, 0.5) is 5.69 Å². The van der Waals surface area contributed by atoms with Crippen LogP contribution in [-0.2, 0) is 9.84 Å². The predicted octanol–water partition coefficient (Wildman–Crippen LogP) is 3.96. The summed E-state index contributed by atoms with van der Waals surface area (Å²) in [4.78, 5) is 0.426. The second-order valence-electron chi connectivity index (χ2n) is 5.79. The Labute approximate surface area is 132 Å². The minimum absolute atomic E-state index is 0.218. The third-order valence-electron chi connectivity index (χ3n) is 4.25. The van der Waals surface area contributed by atoms with Crippen LogP contribution in [0.25, 0.3) is 0 Å². The summed E-state index contributed by atoms with van der Waals surface area (Å²) in [6.07, 6.45) is 8.01. The molecule has 3 nitrogen and oxygen atoms in total. The van der Waals surface area contributed by atoms with E-state index in [4.69, 9.17) is 0 Å². The Morgan fingerprint density at radius 2 is 1.81 bits per heavy atom. The molecule has 1 aromatic rings. The fourth-order valence-corrected chi connectivity index (χ4v) is 5.14. The molecule has 0 radical (unpaired) electrons. The van der Waals surface area contributed by atoms with Crippen LogP contribution in [0, 0.1) is 0 Å². The Balaban J connectivity index is 2.00. The number of anilines is 1. The second-order valence-corrected chi connectivity index (χ2v) is 9.17. The number of sulfone groups is 1. The zero-order valence-corrected chi connectivity index (χ0v) is 14.5. The van der Waals surface area contributed by atoms with E-state index in [1.807, 2.05) is 30.8 Å². The number of thioether (sulfide) groups is 1. The Morgan fingerprint density at radius 1 is 1.19 bits per heavy atom. The van der Waals surface area contributed by atoms with Crippen molar-refractivity contribution in [1.82, 2.24) is 0 Å². The van der Waals surface area contributed by atoms with Gasteiger partial charge in [-0.05, 0) is 49.8 Å². The number of hydrogen-bond acceptors (Lipinski definition) is 4. The van der Waals surface area contributed by atoms with Gasteiger partial charge in [-0.1, -0.05) is 19.8 Å². The van der Waals surface area contributed by atoms with Gasteiger partial charge in [0.05, 0.1) is 10.6 Å². The van der Waals surface area contributed by atoms with Crippen molar-refractivity contribution in [3.63, 3.8) is 0 Å². The smallest absolute Gasteiger partial charge is 0.178 e. The standard InChI is InChI=1S/C16H25NO2S2/c1-3-12-21(18,19)15-8-6-14(7-9-15)17-13-16(20-2)10-4-5-11-16/h6-9,17H,3-5,10-13H2,1-2H3. The molecule has 0 spiro atoms. The van der Waals surface area contributed by atoms with Gasteiger partial charge in [-0.3, -0.25) is 0 Å². The fourth-order valence-electron chi connectivity index (χ4n) is 2.90. The zero-order valence-electron chi connectivity index (χ0n) is 12.9. The van der Waals surface area contributed by atoms with E-state index in [-0.39, 0.29) is 5.75 Å². The van der Waals surface area contributed by atoms with Gasteiger partial charge in [0.1, 0.15) is 0 Å². The minimum atomic E-state index is -3.11. The van der Waals surface area contributed by atoms with E-state index in [1.54, 1.807) is 12.1 Å². The normalized spacial score (nSPS) is 17.8. The van der Waals surface area contributed by atoms with Gasteiger partial charge in [-0.15, -0.1) is 0 Å². The first kappa shape index (κ1) is 16.7. The van der Waals surface area contributed by atoms with Gasteiger partial charge in [0, 0.05) is 17.0 Å². The SMILES string of the molecule is CCCS(=O)(=O)c1ccc(NCC2(SC)CCCC2)cc1. The molecule has 0 aliphatic heterocycles. The lowest BCUT2D eigenvalue weighted by atomic mass is 10.1. The second kappa shape index (κ2) is 7.05. The van der Waals surface area contributed by atoms with Crippen LogP contribution >= 0.6 is 11.8 Å². The molecule has 0 amide bonds. The topological polar surface area (TPSA) is 46.2 Å². The molecule has 0 atom stereocenters. The molecule has 0 saturated heterocycles. The van der Waals surface area contributed by atoms with Gasteiger partial charge in [0.2, 0.25) is 0 Å². The maximum Gasteiger partial charge on any atom is 0.178 e.